The lowest BCUT2D eigenvalue weighted by Crippen LogP contribution is -2.31. The van der Waals surface area contributed by atoms with Crippen molar-refractivity contribution in [1.29, 1.82) is 0 Å². The van der Waals surface area contributed by atoms with Crippen LogP contribution in [0.3, 0.4) is 0 Å². The molecule has 0 aromatic rings. The van der Waals surface area contributed by atoms with Crippen molar-refractivity contribution in [3.63, 3.8) is 0 Å². The maximum Gasteiger partial charge on any atom is 0.0876 e. The largest absolute Gasteiger partial charge is 0.393 e. The normalized spacial score (nSPS) is 71.2. The summed E-state index contributed by atoms with van der Waals surface area (Å²) in [4.78, 5) is 0. The number of fused-ring (bicyclic) bond motifs is 7. The van der Waals surface area contributed by atoms with Gasteiger partial charge < -0.3 is 9.84 Å². The van der Waals surface area contributed by atoms with E-state index < -0.39 is 0 Å². The second-order valence-electron chi connectivity index (χ2n) is 5.08. The quantitative estimate of drug-likeness (QED) is 0.540. The molecule has 0 aromatic carbocycles. The molecule has 4 aliphatic rings. The molecule has 0 amide bonds. The Hall–Kier alpha value is -0.0800. The van der Waals surface area contributed by atoms with Crippen LogP contribution < -0.4 is 0 Å². The number of aliphatic hydroxyl groups is 1. The summed E-state index contributed by atoms with van der Waals surface area (Å²) in [7, 11) is 0. The Bertz CT molecular complexity index is 240. The van der Waals surface area contributed by atoms with E-state index in [9.17, 15) is 5.11 Å². The van der Waals surface area contributed by atoms with Gasteiger partial charge in [-0.25, -0.2) is 0 Å². The van der Waals surface area contributed by atoms with Gasteiger partial charge >= 0.3 is 0 Å². The molecule has 1 N–H and O–H groups in total. The summed E-state index contributed by atoms with van der Waals surface area (Å²) in [5.74, 6) is 3.15. The fraction of sp³-hybridized carbons (Fsp3) is 1.00. The van der Waals surface area contributed by atoms with Gasteiger partial charge in [0.15, 0.2) is 0 Å². The van der Waals surface area contributed by atoms with Crippen LogP contribution in [-0.4, -0.2) is 23.4 Å². The second kappa shape index (κ2) is 1.73. The van der Waals surface area contributed by atoms with E-state index in [1.165, 1.54) is 12.8 Å². The lowest BCUT2D eigenvalue weighted by atomic mass is 9.79. The van der Waals surface area contributed by atoms with Crippen molar-refractivity contribution < 1.29 is 9.84 Å². The average Bonchev–Trinajstić information content (AvgIpc) is 2.42. The number of ether oxygens (including phenoxy) is 1. The van der Waals surface area contributed by atoms with E-state index >= 15 is 0 Å². The van der Waals surface area contributed by atoms with Gasteiger partial charge in [0, 0.05) is 0 Å². The summed E-state index contributed by atoms with van der Waals surface area (Å²) >= 11 is 0. The van der Waals surface area contributed by atoms with Crippen molar-refractivity contribution in [2.24, 2.45) is 23.7 Å². The molecular formula is C10H14O2. The van der Waals surface area contributed by atoms with Crippen LogP contribution in [0.15, 0.2) is 0 Å². The van der Waals surface area contributed by atoms with Gasteiger partial charge in [-0.05, 0) is 42.9 Å². The molecule has 4 fully saturated rings. The van der Waals surface area contributed by atoms with E-state index in [0.29, 0.717) is 18.1 Å². The van der Waals surface area contributed by atoms with Crippen LogP contribution >= 0.6 is 0 Å². The maximum absolute atomic E-state index is 9.75. The molecular weight excluding hydrogens is 152 g/mol. The predicted octanol–water partition coefficient (Wildman–Crippen LogP) is 0.791. The third kappa shape index (κ3) is 0.549. The highest BCUT2D eigenvalue weighted by Crippen LogP contribution is 2.64. The van der Waals surface area contributed by atoms with Gasteiger partial charge in [-0.2, -0.15) is 0 Å². The number of rotatable bonds is 0. The molecule has 12 heavy (non-hydrogen) atoms. The van der Waals surface area contributed by atoms with E-state index in [-0.39, 0.29) is 6.10 Å². The number of epoxide rings is 1. The summed E-state index contributed by atoms with van der Waals surface area (Å²) in [5, 5.41) is 9.75. The molecule has 0 aromatic heterocycles. The summed E-state index contributed by atoms with van der Waals surface area (Å²) in [6.07, 6.45) is 4.88. The smallest absolute Gasteiger partial charge is 0.0876 e. The summed E-state index contributed by atoms with van der Waals surface area (Å²) < 4.78 is 5.56. The van der Waals surface area contributed by atoms with Crippen molar-refractivity contribution in [2.45, 2.75) is 37.6 Å². The minimum atomic E-state index is 0.0131. The van der Waals surface area contributed by atoms with Gasteiger partial charge in [0.1, 0.15) is 0 Å². The van der Waals surface area contributed by atoms with Crippen LogP contribution in [-0.2, 0) is 4.74 Å². The summed E-state index contributed by atoms with van der Waals surface area (Å²) in [6, 6.07) is 0. The Morgan fingerprint density at radius 3 is 2.92 bits per heavy atom. The summed E-state index contributed by atoms with van der Waals surface area (Å²) in [5.41, 5.74) is 0. The topological polar surface area (TPSA) is 32.8 Å². The third-order valence-electron chi connectivity index (χ3n) is 4.71. The Balaban J connectivity index is 1.74. The fourth-order valence-electron chi connectivity index (χ4n) is 4.27. The van der Waals surface area contributed by atoms with Crippen LogP contribution in [0.1, 0.15) is 19.3 Å². The van der Waals surface area contributed by atoms with Gasteiger partial charge in [0.05, 0.1) is 18.3 Å². The van der Waals surface area contributed by atoms with E-state index in [1.54, 1.807) is 0 Å². The Labute approximate surface area is 71.9 Å². The standard InChI is InChI=1S/C10H14O2/c11-7-2-4-1-6(7)9-5(4)3-8-10(9)12-8/h4-11H,1-3H2/t4-,5-,6-,7-,8+,9+,10+/m1/s1. The lowest BCUT2D eigenvalue weighted by Gasteiger charge is -2.29. The monoisotopic (exact) mass is 166 g/mol. The van der Waals surface area contributed by atoms with Crippen LogP contribution in [0.5, 0.6) is 0 Å². The molecule has 4 rings (SSSR count). The van der Waals surface area contributed by atoms with E-state index in [4.69, 9.17) is 4.74 Å². The van der Waals surface area contributed by atoms with Crippen molar-refractivity contribution in [2.75, 3.05) is 0 Å². The molecule has 3 saturated carbocycles. The molecule has 0 radical (unpaired) electrons. The molecule has 2 bridgehead atoms. The first kappa shape index (κ1) is 6.39. The highest BCUT2D eigenvalue weighted by atomic mass is 16.6. The predicted molar refractivity (Wildman–Crippen MR) is 42.5 cm³/mol. The van der Waals surface area contributed by atoms with Crippen molar-refractivity contribution >= 4 is 0 Å². The molecule has 1 heterocycles. The van der Waals surface area contributed by atoms with E-state index in [1.807, 2.05) is 0 Å². The number of hydrogen-bond donors (Lipinski definition) is 1. The first-order chi connectivity index (χ1) is 5.84. The first-order valence-corrected chi connectivity index (χ1v) is 5.18. The zero-order chi connectivity index (χ0) is 7.87. The number of hydrogen-bond acceptors (Lipinski definition) is 2. The maximum atomic E-state index is 9.75. The van der Waals surface area contributed by atoms with E-state index in [2.05, 4.69) is 0 Å². The van der Waals surface area contributed by atoms with E-state index in [0.717, 1.165) is 24.2 Å². The van der Waals surface area contributed by atoms with Crippen LogP contribution in [0.2, 0.25) is 0 Å². The molecule has 66 valence electrons. The first-order valence-electron chi connectivity index (χ1n) is 5.18. The molecule has 2 nitrogen and oxygen atoms in total. The van der Waals surface area contributed by atoms with Crippen molar-refractivity contribution in [1.82, 2.24) is 0 Å². The Morgan fingerprint density at radius 2 is 2.00 bits per heavy atom. The van der Waals surface area contributed by atoms with Gasteiger partial charge in [-0.1, -0.05) is 0 Å². The molecule has 3 aliphatic carbocycles. The van der Waals surface area contributed by atoms with Gasteiger partial charge in [-0.15, -0.1) is 0 Å². The van der Waals surface area contributed by atoms with Crippen LogP contribution in [0.25, 0.3) is 0 Å². The van der Waals surface area contributed by atoms with Crippen molar-refractivity contribution in [3.8, 4) is 0 Å². The Kier molecular flexibility index (Phi) is 0.921. The Morgan fingerprint density at radius 1 is 1.08 bits per heavy atom. The highest BCUT2D eigenvalue weighted by molar-refractivity contribution is 5.14. The second-order valence-corrected chi connectivity index (χ2v) is 5.08. The molecule has 1 aliphatic heterocycles. The fourth-order valence-corrected chi connectivity index (χ4v) is 4.27. The average molecular weight is 166 g/mol. The van der Waals surface area contributed by atoms with Gasteiger partial charge in [-0.3, -0.25) is 0 Å². The zero-order valence-corrected chi connectivity index (χ0v) is 7.02. The minimum absolute atomic E-state index is 0.0131. The van der Waals surface area contributed by atoms with Crippen molar-refractivity contribution in [3.05, 3.63) is 0 Å². The third-order valence-corrected chi connectivity index (χ3v) is 4.71. The molecule has 0 unspecified atom stereocenters. The molecule has 1 saturated heterocycles. The van der Waals surface area contributed by atoms with Crippen LogP contribution in [0, 0.1) is 23.7 Å². The minimum Gasteiger partial charge on any atom is -0.393 e. The lowest BCUT2D eigenvalue weighted by molar-refractivity contribution is 0.0370. The SMILES string of the molecule is O[C@@H]1C[C@H]2C[C@H]1[C@@H]1[C@@H]2C[C@@H]2O[C@H]12. The van der Waals surface area contributed by atoms with Gasteiger partial charge in [0.2, 0.25) is 0 Å². The van der Waals surface area contributed by atoms with Crippen LogP contribution in [0.4, 0.5) is 0 Å². The zero-order valence-electron chi connectivity index (χ0n) is 7.02. The highest BCUT2D eigenvalue weighted by Gasteiger charge is 2.66. The summed E-state index contributed by atoms with van der Waals surface area (Å²) in [6.45, 7) is 0. The van der Waals surface area contributed by atoms with Gasteiger partial charge in [0.25, 0.3) is 0 Å². The molecule has 2 heteroatoms. The number of aliphatic hydroxyl groups excluding tert-OH is 1. The molecule has 7 atom stereocenters. The molecule has 0 spiro atoms.